The van der Waals surface area contributed by atoms with E-state index >= 15 is 0 Å². The summed E-state index contributed by atoms with van der Waals surface area (Å²) in [6.45, 7) is 2.36. The number of anilines is 1. The van der Waals surface area contributed by atoms with Crippen LogP contribution in [0.1, 0.15) is 34.2 Å². The van der Waals surface area contributed by atoms with Gasteiger partial charge in [-0.3, -0.25) is 9.89 Å². The molecule has 35 heavy (non-hydrogen) atoms. The van der Waals surface area contributed by atoms with Gasteiger partial charge in [0.05, 0.1) is 39.0 Å². The summed E-state index contributed by atoms with van der Waals surface area (Å²) in [5.74, 6) is 1.16. The second-order valence-corrected chi connectivity index (χ2v) is 8.96. The second kappa shape index (κ2) is 8.00. The summed E-state index contributed by atoms with van der Waals surface area (Å²) in [7, 11) is 2.95. The number of fused-ring (bicyclic) bond motifs is 3. The van der Waals surface area contributed by atoms with Gasteiger partial charge in [-0.2, -0.15) is 5.10 Å². The Hall–Kier alpha value is -4.08. The van der Waals surface area contributed by atoms with E-state index in [4.69, 9.17) is 23.7 Å². The Labute approximate surface area is 201 Å². The third-order valence-corrected chi connectivity index (χ3v) is 7.18. The number of esters is 1. The molecule has 0 spiro atoms. The fraction of sp³-hybridized carbons (Fsp3) is 0.360. The number of H-pyrrole nitrogens is 1. The monoisotopic (exact) mass is 479 g/mol. The Kier molecular flexibility index (Phi) is 4.91. The number of phenolic OH excluding ortho intramolecular Hbond substituents is 1. The maximum Gasteiger partial charge on any atom is 0.310 e. The Balaban J connectivity index is 1.57. The van der Waals surface area contributed by atoms with Gasteiger partial charge in [0.25, 0.3) is 0 Å². The lowest BCUT2D eigenvalue weighted by Gasteiger charge is -2.39. The number of aromatic nitrogens is 2. The summed E-state index contributed by atoms with van der Waals surface area (Å²) >= 11 is 0. The number of nitrogens with one attached hydrogen (secondary N) is 2. The minimum absolute atomic E-state index is 0.0970. The van der Waals surface area contributed by atoms with Crippen LogP contribution in [0.4, 0.5) is 5.82 Å². The number of carbonyl (C=O) groups is 1. The third-order valence-electron chi connectivity index (χ3n) is 7.18. The van der Waals surface area contributed by atoms with Crippen LogP contribution < -0.4 is 24.3 Å². The number of aryl methyl sites for hydroxylation is 1. The van der Waals surface area contributed by atoms with Gasteiger partial charge in [-0.05, 0) is 47.9 Å². The van der Waals surface area contributed by atoms with E-state index in [1.54, 1.807) is 18.3 Å². The molecule has 0 radical (unpaired) electrons. The van der Waals surface area contributed by atoms with Gasteiger partial charge < -0.3 is 34.1 Å². The number of cyclic esters (lactones) is 1. The lowest BCUT2D eigenvalue weighted by molar-refractivity contribution is -0.141. The predicted octanol–water partition coefficient (Wildman–Crippen LogP) is 3.26. The number of aromatic amines is 1. The van der Waals surface area contributed by atoms with Crippen LogP contribution in [0.3, 0.4) is 0 Å². The Morgan fingerprint density at radius 3 is 2.37 bits per heavy atom. The Morgan fingerprint density at radius 1 is 1.06 bits per heavy atom. The zero-order valence-corrected chi connectivity index (χ0v) is 19.5. The highest BCUT2D eigenvalue weighted by atomic mass is 16.7. The number of methoxy groups -OCH3 is 2. The lowest BCUT2D eigenvalue weighted by Crippen LogP contribution is -2.37. The van der Waals surface area contributed by atoms with Gasteiger partial charge in [-0.1, -0.05) is 0 Å². The van der Waals surface area contributed by atoms with Crippen molar-refractivity contribution in [3.63, 3.8) is 0 Å². The van der Waals surface area contributed by atoms with Gasteiger partial charge >= 0.3 is 5.97 Å². The van der Waals surface area contributed by atoms with E-state index in [0.717, 1.165) is 28.1 Å². The molecule has 1 fully saturated rings. The molecule has 3 N–H and O–H groups in total. The molecular formula is C25H25N3O7. The highest BCUT2D eigenvalue weighted by Crippen LogP contribution is 2.56. The molecule has 182 valence electrons. The molecule has 2 aromatic carbocycles. The fourth-order valence-electron chi connectivity index (χ4n) is 5.49. The average Bonchev–Trinajstić information content (AvgIpc) is 3.59. The van der Waals surface area contributed by atoms with Crippen molar-refractivity contribution in [2.45, 2.75) is 18.9 Å². The molecule has 1 saturated heterocycles. The van der Waals surface area contributed by atoms with Gasteiger partial charge in [0, 0.05) is 17.4 Å². The first-order valence-electron chi connectivity index (χ1n) is 11.3. The number of hydrogen-bond acceptors (Lipinski definition) is 9. The van der Waals surface area contributed by atoms with Crippen LogP contribution in [0.5, 0.6) is 28.7 Å². The Morgan fingerprint density at radius 2 is 1.74 bits per heavy atom. The number of ether oxygens (including phenoxy) is 5. The summed E-state index contributed by atoms with van der Waals surface area (Å²) in [5, 5.41) is 21.2. The Bertz CT molecular complexity index is 1300. The molecule has 10 nitrogen and oxygen atoms in total. The van der Waals surface area contributed by atoms with Crippen LogP contribution in [0, 0.1) is 18.8 Å². The van der Waals surface area contributed by atoms with Crippen LogP contribution >= 0.6 is 0 Å². The van der Waals surface area contributed by atoms with E-state index < -0.39 is 5.92 Å². The normalized spacial score (nSPS) is 23.9. The first kappa shape index (κ1) is 21.5. The molecule has 4 atom stereocenters. The van der Waals surface area contributed by atoms with Crippen LogP contribution in [0.25, 0.3) is 0 Å². The number of hydrogen-bond donors (Lipinski definition) is 3. The van der Waals surface area contributed by atoms with Crippen molar-refractivity contribution < 1.29 is 33.6 Å². The number of rotatable bonds is 5. The number of carbonyl (C=O) groups excluding carboxylic acids is 1. The van der Waals surface area contributed by atoms with E-state index in [0.29, 0.717) is 11.5 Å². The van der Waals surface area contributed by atoms with Crippen LogP contribution in [0.15, 0.2) is 30.5 Å². The number of phenols is 1. The lowest BCUT2D eigenvalue weighted by atomic mass is 9.65. The number of nitrogens with zero attached hydrogens (tertiary/aromatic N) is 1. The van der Waals surface area contributed by atoms with Gasteiger partial charge in [0.1, 0.15) is 5.82 Å². The fourth-order valence-corrected chi connectivity index (χ4v) is 5.49. The number of aromatic hydroxyl groups is 1. The van der Waals surface area contributed by atoms with Crippen molar-refractivity contribution >= 4 is 11.8 Å². The molecule has 1 aromatic heterocycles. The molecular weight excluding hydrogens is 454 g/mol. The van der Waals surface area contributed by atoms with E-state index in [1.807, 2.05) is 19.1 Å². The maximum atomic E-state index is 13.2. The average molecular weight is 479 g/mol. The van der Waals surface area contributed by atoms with E-state index in [2.05, 4.69) is 15.5 Å². The largest absolute Gasteiger partial charge is 0.502 e. The SMILES string of the molecule is COc1cc([C@@H]2c3cc4c(cc3[C@@H](Nc3[nH]ncc3C)[C@H]3COC(=O)[C@H]23)OCO4)cc(OC)c1O. The second-order valence-electron chi connectivity index (χ2n) is 8.96. The van der Waals surface area contributed by atoms with E-state index in [-0.39, 0.29) is 54.5 Å². The summed E-state index contributed by atoms with van der Waals surface area (Å²) < 4.78 is 27.8. The number of benzene rings is 2. The maximum absolute atomic E-state index is 13.2. The van der Waals surface area contributed by atoms with E-state index in [9.17, 15) is 9.90 Å². The molecule has 6 rings (SSSR count). The van der Waals surface area contributed by atoms with Crippen LogP contribution in [0.2, 0.25) is 0 Å². The molecule has 0 amide bonds. The molecule has 10 heteroatoms. The smallest absolute Gasteiger partial charge is 0.310 e. The summed E-state index contributed by atoms with van der Waals surface area (Å²) in [5.41, 5.74) is 3.60. The predicted molar refractivity (Wildman–Crippen MR) is 123 cm³/mol. The van der Waals surface area contributed by atoms with Crippen molar-refractivity contribution in [2.24, 2.45) is 11.8 Å². The van der Waals surface area contributed by atoms with Crippen LogP contribution in [-0.4, -0.2) is 48.9 Å². The minimum Gasteiger partial charge on any atom is -0.502 e. The summed E-state index contributed by atoms with van der Waals surface area (Å²) in [4.78, 5) is 13.2. The topological polar surface area (TPSA) is 124 Å². The molecule has 1 aliphatic carbocycles. The van der Waals surface area contributed by atoms with Crippen molar-refractivity contribution in [3.05, 3.63) is 52.7 Å². The van der Waals surface area contributed by atoms with Crippen LogP contribution in [-0.2, 0) is 9.53 Å². The zero-order valence-electron chi connectivity index (χ0n) is 19.5. The molecule has 0 bridgehead atoms. The highest BCUT2D eigenvalue weighted by molar-refractivity contribution is 5.79. The summed E-state index contributed by atoms with van der Waals surface area (Å²) in [6.07, 6.45) is 1.75. The molecule has 3 heterocycles. The zero-order chi connectivity index (χ0) is 24.3. The minimum atomic E-state index is -0.484. The molecule has 3 aliphatic rings. The molecule has 0 unspecified atom stereocenters. The van der Waals surface area contributed by atoms with Crippen molar-refractivity contribution in [1.29, 1.82) is 0 Å². The van der Waals surface area contributed by atoms with Crippen molar-refractivity contribution in [1.82, 2.24) is 10.2 Å². The van der Waals surface area contributed by atoms with E-state index in [1.165, 1.54) is 14.2 Å². The molecule has 3 aromatic rings. The third kappa shape index (κ3) is 3.23. The summed E-state index contributed by atoms with van der Waals surface area (Å²) in [6, 6.07) is 7.15. The van der Waals surface area contributed by atoms with Gasteiger partial charge in [0.15, 0.2) is 23.0 Å². The highest BCUT2D eigenvalue weighted by Gasteiger charge is 2.53. The van der Waals surface area contributed by atoms with Gasteiger partial charge in [0.2, 0.25) is 12.5 Å². The molecule has 0 saturated carbocycles. The first-order chi connectivity index (χ1) is 17.0. The van der Waals surface area contributed by atoms with Crippen molar-refractivity contribution in [3.8, 4) is 28.7 Å². The van der Waals surface area contributed by atoms with Gasteiger partial charge in [-0.25, -0.2) is 0 Å². The quantitative estimate of drug-likeness (QED) is 0.473. The first-order valence-corrected chi connectivity index (χ1v) is 11.3. The van der Waals surface area contributed by atoms with Gasteiger partial charge in [-0.15, -0.1) is 0 Å². The molecule has 2 aliphatic heterocycles. The van der Waals surface area contributed by atoms with Crippen molar-refractivity contribution in [2.75, 3.05) is 32.9 Å². The standard InChI is InChI=1S/C25H25N3O7/c1-11-8-26-28-24(11)27-22-14-7-17-16(34-10-35-17)6-13(14)20(21-15(22)9-33-25(21)30)12-4-18(31-2)23(29)19(5-12)32-3/h4-8,15,20-22,29H,9-10H2,1-3H3,(H2,26,27,28)/t15-,20+,21-,22+/m0/s1.